The van der Waals surface area contributed by atoms with E-state index in [4.69, 9.17) is 15.9 Å². The maximum absolute atomic E-state index is 9.34. The van der Waals surface area contributed by atoms with E-state index >= 15 is 0 Å². The van der Waals surface area contributed by atoms with Gasteiger partial charge in [0.2, 0.25) is 0 Å². The van der Waals surface area contributed by atoms with Crippen LogP contribution in [0.3, 0.4) is 0 Å². The smallest absolute Gasteiger partial charge is 0.123 e. The summed E-state index contributed by atoms with van der Waals surface area (Å²) in [6.07, 6.45) is -0.164. The minimum absolute atomic E-state index is 0.0221. The lowest BCUT2D eigenvalue weighted by Gasteiger charge is -2.42. The number of benzene rings is 1. The van der Waals surface area contributed by atoms with Crippen LogP contribution in [0.4, 0.5) is 0 Å². The van der Waals surface area contributed by atoms with E-state index in [2.05, 4.69) is 4.90 Å². The number of hydrogen-bond donors (Lipinski definition) is 3. The minimum Gasteiger partial charge on any atom is -0.394 e. The first-order valence-corrected chi connectivity index (χ1v) is 6.84. The average Bonchev–Trinajstić information content (AvgIpc) is 2.37. The van der Waals surface area contributed by atoms with Crippen molar-refractivity contribution < 1.29 is 9.84 Å². The monoisotopic (exact) mass is 277 g/mol. The van der Waals surface area contributed by atoms with E-state index in [-0.39, 0.29) is 24.1 Å². The van der Waals surface area contributed by atoms with Gasteiger partial charge in [0.1, 0.15) is 5.84 Å². The molecule has 1 unspecified atom stereocenters. The van der Waals surface area contributed by atoms with Crippen LogP contribution in [-0.4, -0.2) is 47.2 Å². The van der Waals surface area contributed by atoms with Gasteiger partial charge in [-0.15, -0.1) is 0 Å². The molecule has 1 atom stereocenters. The Morgan fingerprint density at radius 3 is 2.85 bits per heavy atom. The van der Waals surface area contributed by atoms with Gasteiger partial charge in [-0.3, -0.25) is 10.3 Å². The van der Waals surface area contributed by atoms with Crippen LogP contribution in [0.25, 0.3) is 0 Å². The third kappa shape index (κ3) is 3.56. The van der Waals surface area contributed by atoms with E-state index in [0.29, 0.717) is 13.1 Å². The molecular weight excluding hydrogens is 254 g/mol. The van der Waals surface area contributed by atoms with Crippen molar-refractivity contribution in [2.24, 2.45) is 5.73 Å². The third-order valence-electron chi connectivity index (χ3n) is 3.46. The van der Waals surface area contributed by atoms with E-state index in [0.717, 1.165) is 17.7 Å². The molecule has 1 aromatic rings. The summed E-state index contributed by atoms with van der Waals surface area (Å²) in [5.41, 5.74) is 7.16. The minimum atomic E-state index is -0.281. The number of amidine groups is 1. The first-order chi connectivity index (χ1) is 9.41. The number of ether oxygens (including phenoxy) is 1. The summed E-state index contributed by atoms with van der Waals surface area (Å²) in [5, 5.41) is 17.0. The molecule has 1 fully saturated rings. The van der Waals surface area contributed by atoms with Crippen molar-refractivity contribution in [2.75, 3.05) is 19.7 Å². The number of nitrogen functional groups attached to an aromatic ring is 1. The lowest BCUT2D eigenvalue weighted by Crippen LogP contribution is -2.53. The number of aliphatic hydroxyl groups is 1. The fourth-order valence-electron chi connectivity index (χ4n) is 2.79. The number of nitrogens with two attached hydrogens (primary N) is 1. The Morgan fingerprint density at radius 2 is 2.20 bits per heavy atom. The molecular formula is C15H23N3O2. The SMILES string of the molecule is CC1(C)CN(Cc2ccccc2C(=N)N)CC(CO)O1. The first kappa shape index (κ1) is 15.0. The molecule has 2 rings (SSSR count). The van der Waals surface area contributed by atoms with Gasteiger partial charge in [-0.05, 0) is 19.4 Å². The number of rotatable bonds is 4. The zero-order valence-corrected chi connectivity index (χ0v) is 12.1. The molecule has 1 aromatic carbocycles. The second-order valence-corrected chi connectivity index (χ2v) is 5.92. The second kappa shape index (κ2) is 5.91. The van der Waals surface area contributed by atoms with Crippen molar-refractivity contribution in [3.63, 3.8) is 0 Å². The van der Waals surface area contributed by atoms with Crippen molar-refractivity contribution in [3.05, 3.63) is 35.4 Å². The zero-order chi connectivity index (χ0) is 14.8. The number of hydrogen-bond acceptors (Lipinski definition) is 4. The van der Waals surface area contributed by atoms with E-state index in [1.807, 2.05) is 38.1 Å². The standard InChI is InChI=1S/C15H23N3O2/c1-15(2)10-18(8-12(9-19)20-15)7-11-5-3-4-6-13(11)14(16)17/h3-6,12,19H,7-10H2,1-2H3,(H3,16,17). The van der Waals surface area contributed by atoms with Gasteiger partial charge >= 0.3 is 0 Å². The molecule has 5 heteroatoms. The third-order valence-corrected chi connectivity index (χ3v) is 3.46. The van der Waals surface area contributed by atoms with Gasteiger partial charge in [0.15, 0.2) is 0 Å². The van der Waals surface area contributed by atoms with Crippen LogP contribution < -0.4 is 5.73 Å². The Bertz CT molecular complexity index is 488. The highest BCUT2D eigenvalue weighted by atomic mass is 16.5. The molecule has 1 heterocycles. The fraction of sp³-hybridized carbons (Fsp3) is 0.533. The largest absolute Gasteiger partial charge is 0.394 e. The molecule has 0 aliphatic carbocycles. The molecule has 20 heavy (non-hydrogen) atoms. The average molecular weight is 277 g/mol. The van der Waals surface area contributed by atoms with Gasteiger partial charge in [0, 0.05) is 25.2 Å². The summed E-state index contributed by atoms with van der Waals surface area (Å²) in [5.74, 6) is 0.0897. The normalized spacial score (nSPS) is 22.6. The molecule has 0 radical (unpaired) electrons. The maximum atomic E-state index is 9.34. The Morgan fingerprint density at radius 1 is 1.50 bits per heavy atom. The lowest BCUT2D eigenvalue weighted by atomic mass is 10.0. The number of nitrogens with one attached hydrogen (secondary N) is 1. The van der Waals surface area contributed by atoms with Crippen molar-refractivity contribution in [1.82, 2.24) is 4.90 Å². The van der Waals surface area contributed by atoms with Gasteiger partial charge in [0.25, 0.3) is 0 Å². The molecule has 1 aliphatic heterocycles. The van der Waals surface area contributed by atoms with Gasteiger partial charge < -0.3 is 15.6 Å². The quantitative estimate of drug-likeness (QED) is 0.565. The molecule has 1 aliphatic rings. The summed E-state index contributed by atoms with van der Waals surface area (Å²) < 4.78 is 5.81. The van der Waals surface area contributed by atoms with Gasteiger partial charge in [-0.1, -0.05) is 24.3 Å². The Balaban J connectivity index is 2.15. The van der Waals surface area contributed by atoms with Crippen molar-refractivity contribution >= 4 is 5.84 Å². The van der Waals surface area contributed by atoms with Gasteiger partial charge in [-0.2, -0.15) is 0 Å². The van der Waals surface area contributed by atoms with Crippen LogP contribution in [0, 0.1) is 5.41 Å². The Labute approximate surface area is 119 Å². The highest BCUT2D eigenvalue weighted by Gasteiger charge is 2.33. The molecule has 5 nitrogen and oxygen atoms in total. The summed E-state index contributed by atoms with van der Waals surface area (Å²) >= 11 is 0. The summed E-state index contributed by atoms with van der Waals surface area (Å²) in [6, 6.07) is 7.71. The maximum Gasteiger partial charge on any atom is 0.123 e. The summed E-state index contributed by atoms with van der Waals surface area (Å²) in [7, 11) is 0. The first-order valence-electron chi connectivity index (χ1n) is 6.84. The van der Waals surface area contributed by atoms with Crippen molar-refractivity contribution in [1.29, 1.82) is 5.41 Å². The molecule has 0 spiro atoms. The fourth-order valence-corrected chi connectivity index (χ4v) is 2.79. The Kier molecular flexibility index (Phi) is 4.42. The Hall–Kier alpha value is -1.43. The highest BCUT2D eigenvalue weighted by molar-refractivity contribution is 5.96. The second-order valence-electron chi connectivity index (χ2n) is 5.92. The topological polar surface area (TPSA) is 82.6 Å². The van der Waals surface area contributed by atoms with E-state index in [1.165, 1.54) is 0 Å². The van der Waals surface area contributed by atoms with E-state index in [1.54, 1.807) is 0 Å². The molecule has 0 bridgehead atoms. The van der Waals surface area contributed by atoms with Crippen LogP contribution >= 0.6 is 0 Å². The summed E-state index contributed by atoms with van der Waals surface area (Å²) in [6.45, 7) is 6.26. The molecule has 0 amide bonds. The molecule has 110 valence electrons. The molecule has 1 saturated heterocycles. The van der Waals surface area contributed by atoms with Crippen molar-refractivity contribution in [2.45, 2.75) is 32.1 Å². The van der Waals surface area contributed by atoms with Crippen molar-refractivity contribution in [3.8, 4) is 0 Å². The van der Waals surface area contributed by atoms with Crippen LogP contribution in [-0.2, 0) is 11.3 Å². The predicted octanol–water partition coefficient (Wildman–Crippen LogP) is 0.942. The summed E-state index contributed by atoms with van der Waals surface area (Å²) in [4.78, 5) is 2.24. The number of aliphatic hydroxyl groups excluding tert-OH is 1. The molecule has 0 aromatic heterocycles. The molecule has 4 N–H and O–H groups in total. The van der Waals surface area contributed by atoms with Crippen LogP contribution in [0.5, 0.6) is 0 Å². The van der Waals surface area contributed by atoms with E-state index in [9.17, 15) is 5.11 Å². The van der Waals surface area contributed by atoms with E-state index < -0.39 is 0 Å². The van der Waals surface area contributed by atoms with Gasteiger partial charge in [-0.25, -0.2) is 0 Å². The number of nitrogens with zero attached hydrogens (tertiary/aromatic N) is 1. The van der Waals surface area contributed by atoms with Crippen LogP contribution in [0.15, 0.2) is 24.3 Å². The predicted molar refractivity (Wildman–Crippen MR) is 78.8 cm³/mol. The lowest BCUT2D eigenvalue weighted by molar-refractivity contribution is -0.150. The highest BCUT2D eigenvalue weighted by Crippen LogP contribution is 2.23. The van der Waals surface area contributed by atoms with Crippen LogP contribution in [0.1, 0.15) is 25.0 Å². The molecule has 0 saturated carbocycles. The number of morpholine rings is 1. The zero-order valence-electron chi connectivity index (χ0n) is 12.1. The van der Waals surface area contributed by atoms with Gasteiger partial charge in [0.05, 0.1) is 18.3 Å². The van der Waals surface area contributed by atoms with Crippen LogP contribution in [0.2, 0.25) is 0 Å².